The molecule has 0 aliphatic carbocycles. The Bertz CT molecular complexity index is 1170. The Kier molecular flexibility index (Phi) is 13.1. The topological polar surface area (TPSA) is 198 Å². The molecule has 3 atom stereocenters. The number of nitrogens with one attached hydrogen (secondary N) is 4. The van der Waals surface area contributed by atoms with Gasteiger partial charge < -0.3 is 41.6 Å². The van der Waals surface area contributed by atoms with Crippen molar-refractivity contribution < 1.29 is 38.6 Å². The first-order chi connectivity index (χ1) is 19.5. The average molecular weight is 572 g/mol. The molecule has 13 nitrogen and oxygen atoms in total. The summed E-state index contributed by atoms with van der Waals surface area (Å²) < 4.78 is 9.75. The quantitative estimate of drug-likeness (QED) is 0.145. The predicted molar refractivity (Wildman–Crippen MR) is 149 cm³/mol. The van der Waals surface area contributed by atoms with E-state index >= 15 is 0 Å². The van der Waals surface area contributed by atoms with Crippen molar-refractivity contribution in [3.63, 3.8) is 0 Å². The zero-order valence-corrected chi connectivity index (χ0v) is 23.2. The Balaban J connectivity index is 2.08. The number of alkyl carbamates (subject to hydrolysis) is 1. The maximum absolute atomic E-state index is 13.2. The molecule has 13 heteroatoms. The lowest BCUT2D eigenvalue weighted by atomic mass is 10.0. The van der Waals surface area contributed by atoms with Crippen LogP contribution in [0, 0.1) is 5.92 Å². The van der Waals surface area contributed by atoms with Gasteiger partial charge in [-0.1, -0.05) is 56.3 Å². The molecule has 222 valence electrons. The number of anilines is 1. The Labute approximate surface area is 238 Å². The summed E-state index contributed by atoms with van der Waals surface area (Å²) in [5.74, 6) is -2.33. The molecule has 0 saturated heterocycles. The number of benzene rings is 2. The largest absolute Gasteiger partial charge is 0.467 e. The summed E-state index contributed by atoms with van der Waals surface area (Å²) in [7, 11) is 1.15. The highest BCUT2D eigenvalue weighted by atomic mass is 16.5. The van der Waals surface area contributed by atoms with Gasteiger partial charge in [-0.3, -0.25) is 9.59 Å². The normalized spacial score (nSPS) is 12.8. The Morgan fingerprint density at radius 3 is 2.17 bits per heavy atom. The van der Waals surface area contributed by atoms with Crippen molar-refractivity contribution in [1.29, 1.82) is 0 Å². The number of esters is 1. The van der Waals surface area contributed by atoms with Gasteiger partial charge in [0.15, 0.2) is 6.10 Å². The SMILES string of the molecule is COC(=O)C(O)c1ccc(NC(=O)C(CCCNC(N)=O)NC(=O)C(NC(=O)OCc2ccccc2)C(C)C)cc1. The van der Waals surface area contributed by atoms with Crippen LogP contribution in [-0.2, 0) is 30.5 Å². The van der Waals surface area contributed by atoms with E-state index in [1.807, 2.05) is 18.2 Å². The lowest BCUT2D eigenvalue weighted by molar-refractivity contribution is -0.150. The molecule has 5 amide bonds. The van der Waals surface area contributed by atoms with Gasteiger partial charge in [0.25, 0.3) is 0 Å². The highest BCUT2D eigenvalue weighted by Gasteiger charge is 2.29. The summed E-state index contributed by atoms with van der Waals surface area (Å²) in [6, 6.07) is 12.1. The molecule has 0 heterocycles. The molecule has 7 N–H and O–H groups in total. The molecule has 0 saturated carbocycles. The Morgan fingerprint density at radius 1 is 0.927 bits per heavy atom. The number of nitrogens with two attached hydrogens (primary N) is 1. The maximum atomic E-state index is 13.2. The van der Waals surface area contributed by atoms with Gasteiger partial charge in [0, 0.05) is 12.2 Å². The number of hydrogen-bond donors (Lipinski definition) is 6. The van der Waals surface area contributed by atoms with Crippen molar-refractivity contribution in [2.24, 2.45) is 11.7 Å². The molecule has 0 aliphatic heterocycles. The van der Waals surface area contributed by atoms with E-state index in [9.17, 15) is 29.1 Å². The predicted octanol–water partition coefficient (Wildman–Crippen LogP) is 1.72. The Morgan fingerprint density at radius 2 is 1.59 bits per heavy atom. The number of methoxy groups -OCH3 is 1. The summed E-state index contributed by atoms with van der Waals surface area (Å²) in [5, 5.41) is 20.3. The molecule has 0 aliphatic rings. The van der Waals surface area contributed by atoms with Crippen LogP contribution in [0.2, 0.25) is 0 Å². The third kappa shape index (κ3) is 11.2. The lowest BCUT2D eigenvalue weighted by Gasteiger charge is -2.25. The van der Waals surface area contributed by atoms with Crippen molar-refractivity contribution in [3.05, 3.63) is 65.7 Å². The second-order valence-electron chi connectivity index (χ2n) is 9.46. The zero-order valence-electron chi connectivity index (χ0n) is 23.2. The summed E-state index contributed by atoms with van der Waals surface area (Å²) in [6.07, 6.45) is -1.82. The van der Waals surface area contributed by atoms with Crippen LogP contribution < -0.4 is 27.0 Å². The third-order valence-electron chi connectivity index (χ3n) is 5.96. The molecule has 2 aromatic carbocycles. The standard InChI is InChI=1S/C28H37N5O8/c1-17(2)22(33-28(39)41-16-18-8-5-4-6-9-18)25(36)32-21(10-7-15-30-27(29)38)24(35)31-20-13-11-19(12-14-20)23(34)26(37)40-3/h4-6,8-9,11-14,17,21-23,34H,7,10,15-16H2,1-3H3,(H,31,35)(H,32,36)(H,33,39)(H3,29,30,38). The van der Waals surface area contributed by atoms with E-state index in [0.717, 1.165) is 12.7 Å². The van der Waals surface area contributed by atoms with Crippen LogP contribution in [0.25, 0.3) is 0 Å². The van der Waals surface area contributed by atoms with Gasteiger partial charge in [0.05, 0.1) is 7.11 Å². The van der Waals surface area contributed by atoms with E-state index in [4.69, 9.17) is 10.5 Å². The van der Waals surface area contributed by atoms with Crippen molar-refractivity contribution in [1.82, 2.24) is 16.0 Å². The summed E-state index contributed by atoms with van der Waals surface area (Å²) in [5.41, 5.74) is 6.48. The fourth-order valence-corrected chi connectivity index (χ4v) is 3.70. The summed E-state index contributed by atoms with van der Waals surface area (Å²) >= 11 is 0. The summed E-state index contributed by atoms with van der Waals surface area (Å²) in [6.45, 7) is 3.66. The zero-order chi connectivity index (χ0) is 30.4. The van der Waals surface area contributed by atoms with E-state index < -0.39 is 48.1 Å². The van der Waals surface area contributed by atoms with Gasteiger partial charge in [0.1, 0.15) is 18.7 Å². The number of urea groups is 1. The van der Waals surface area contributed by atoms with Gasteiger partial charge >= 0.3 is 18.1 Å². The van der Waals surface area contributed by atoms with Crippen molar-refractivity contribution in [3.8, 4) is 0 Å². The number of rotatable bonds is 14. The third-order valence-corrected chi connectivity index (χ3v) is 5.96. The monoisotopic (exact) mass is 571 g/mol. The first-order valence-electron chi connectivity index (χ1n) is 13.0. The highest BCUT2D eigenvalue weighted by Crippen LogP contribution is 2.18. The fraction of sp³-hybridized carbons (Fsp3) is 0.393. The number of hydrogen-bond acceptors (Lipinski definition) is 8. The van der Waals surface area contributed by atoms with Crippen molar-refractivity contribution in [2.45, 2.75) is 51.5 Å². The number of primary amides is 1. The number of aliphatic hydroxyl groups is 1. The van der Waals surface area contributed by atoms with Crippen LogP contribution in [0.4, 0.5) is 15.3 Å². The van der Waals surface area contributed by atoms with E-state index in [-0.39, 0.29) is 31.1 Å². The first-order valence-corrected chi connectivity index (χ1v) is 13.0. The van der Waals surface area contributed by atoms with Gasteiger partial charge in [0.2, 0.25) is 11.8 Å². The van der Waals surface area contributed by atoms with Crippen molar-refractivity contribution >= 4 is 35.6 Å². The molecule has 0 bridgehead atoms. The molecular weight excluding hydrogens is 534 g/mol. The molecular formula is C28H37N5O8. The van der Waals surface area contributed by atoms with E-state index in [1.54, 1.807) is 26.0 Å². The number of ether oxygens (including phenoxy) is 2. The molecule has 2 rings (SSSR count). The minimum Gasteiger partial charge on any atom is -0.467 e. The second kappa shape index (κ2) is 16.5. The van der Waals surface area contributed by atoms with Gasteiger partial charge in [-0.15, -0.1) is 0 Å². The number of amides is 5. The summed E-state index contributed by atoms with van der Waals surface area (Å²) in [4.78, 5) is 61.3. The van der Waals surface area contributed by atoms with Crippen LogP contribution in [0.15, 0.2) is 54.6 Å². The van der Waals surface area contributed by atoms with E-state index in [2.05, 4.69) is 26.0 Å². The molecule has 2 aromatic rings. The number of carbonyl (C=O) groups excluding carboxylic acids is 5. The maximum Gasteiger partial charge on any atom is 0.408 e. The fourth-order valence-electron chi connectivity index (χ4n) is 3.70. The first kappa shape index (κ1) is 32.6. The van der Waals surface area contributed by atoms with Gasteiger partial charge in [-0.2, -0.15) is 0 Å². The van der Waals surface area contributed by atoms with Crippen LogP contribution >= 0.6 is 0 Å². The molecule has 41 heavy (non-hydrogen) atoms. The van der Waals surface area contributed by atoms with Crippen LogP contribution in [0.5, 0.6) is 0 Å². The van der Waals surface area contributed by atoms with Gasteiger partial charge in [-0.05, 0) is 42.0 Å². The Hall–Kier alpha value is -4.65. The number of carbonyl (C=O) groups is 5. The minimum atomic E-state index is -1.48. The molecule has 0 spiro atoms. The van der Waals surface area contributed by atoms with E-state index in [1.165, 1.54) is 24.3 Å². The molecule has 0 fully saturated rings. The number of aliphatic hydroxyl groups excluding tert-OH is 1. The molecule has 0 radical (unpaired) electrons. The minimum absolute atomic E-state index is 0.0203. The average Bonchev–Trinajstić information content (AvgIpc) is 2.96. The molecule has 3 unspecified atom stereocenters. The highest BCUT2D eigenvalue weighted by molar-refractivity contribution is 5.98. The molecule has 0 aromatic heterocycles. The second-order valence-corrected chi connectivity index (χ2v) is 9.46. The van der Waals surface area contributed by atoms with E-state index in [0.29, 0.717) is 12.1 Å². The lowest BCUT2D eigenvalue weighted by Crippen LogP contribution is -2.54. The van der Waals surface area contributed by atoms with Crippen LogP contribution in [-0.4, -0.2) is 60.8 Å². The van der Waals surface area contributed by atoms with Crippen LogP contribution in [0.1, 0.15) is 43.9 Å². The van der Waals surface area contributed by atoms with Crippen molar-refractivity contribution in [2.75, 3.05) is 19.0 Å². The smallest absolute Gasteiger partial charge is 0.408 e. The van der Waals surface area contributed by atoms with Gasteiger partial charge in [-0.25, -0.2) is 14.4 Å². The van der Waals surface area contributed by atoms with Crippen LogP contribution in [0.3, 0.4) is 0 Å².